The van der Waals surface area contributed by atoms with Crippen LogP contribution in [0.1, 0.15) is 13.3 Å². The van der Waals surface area contributed by atoms with Crippen LogP contribution in [0.2, 0.25) is 5.02 Å². The van der Waals surface area contributed by atoms with Crippen LogP contribution in [-0.2, 0) is 9.59 Å². The molecule has 2 aliphatic rings. The molecule has 2 heterocycles. The Morgan fingerprint density at radius 2 is 1.88 bits per heavy atom. The summed E-state index contributed by atoms with van der Waals surface area (Å²) in [6.07, 6.45) is 0.162. The number of benzene rings is 2. The molecule has 170 valence electrons. The van der Waals surface area contributed by atoms with Crippen LogP contribution in [0.25, 0.3) is 0 Å². The normalized spacial score (nSPS) is 19.3. The molecule has 0 aliphatic carbocycles. The highest BCUT2D eigenvalue weighted by molar-refractivity contribution is 6.31. The van der Waals surface area contributed by atoms with Gasteiger partial charge in [-0.25, -0.2) is 0 Å². The third kappa shape index (κ3) is 4.69. The maximum absolute atomic E-state index is 13.1. The first-order chi connectivity index (χ1) is 15.5. The number of piperazine rings is 1. The monoisotopic (exact) mass is 456 g/mol. The van der Waals surface area contributed by atoms with Crippen LogP contribution in [0.3, 0.4) is 0 Å². The van der Waals surface area contributed by atoms with Crippen molar-refractivity contribution in [3.63, 3.8) is 0 Å². The molecule has 4 rings (SSSR count). The number of nitrogens with zero attached hydrogens (tertiary/aromatic N) is 3. The Morgan fingerprint density at radius 1 is 1.12 bits per heavy atom. The van der Waals surface area contributed by atoms with Crippen LogP contribution in [0.5, 0.6) is 5.75 Å². The zero-order chi connectivity index (χ0) is 22.7. The molecule has 0 radical (unpaired) electrons. The van der Waals surface area contributed by atoms with Gasteiger partial charge in [0.15, 0.2) is 0 Å². The SMILES string of the molecule is CCN1CCN(c2ccc(Cl)cc2NC(=O)C2CC(=O)N(c3ccccc3OC)C2)CC1. The van der Waals surface area contributed by atoms with Crippen molar-refractivity contribution in [3.8, 4) is 5.75 Å². The minimum atomic E-state index is -0.448. The lowest BCUT2D eigenvalue weighted by Gasteiger charge is -2.36. The van der Waals surface area contributed by atoms with Crippen LogP contribution in [0.15, 0.2) is 42.5 Å². The van der Waals surface area contributed by atoms with E-state index in [-0.39, 0.29) is 18.2 Å². The van der Waals surface area contributed by atoms with Gasteiger partial charge in [0.2, 0.25) is 11.8 Å². The second-order valence-electron chi connectivity index (χ2n) is 8.15. The molecule has 2 aliphatic heterocycles. The molecule has 2 saturated heterocycles. The first-order valence-electron chi connectivity index (χ1n) is 11.0. The van der Waals surface area contributed by atoms with Gasteiger partial charge in [-0.1, -0.05) is 30.7 Å². The molecule has 2 aromatic carbocycles. The quantitative estimate of drug-likeness (QED) is 0.720. The largest absolute Gasteiger partial charge is 0.495 e. The van der Waals surface area contributed by atoms with Gasteiger partial charge in [0.1, 0.15) is 5.75 Å². The fraction of sp³-hybridized carbons (Fsp3) is 0.417. The summed E-state index contributed by atoms with van der Waals surface area (Å²) in [7, 11) is 1.57. The molecule has 2 aromatic rings. The molecule has 7 nitrogen and oxygen atoms in total. The minimum Gasteiger partial charge on any atom is -0.495 e. The van der Waals surface area contributed by atoms with Gasteiger partial charge >= 0.3 is 0 Å². The molecule has 1 atom stereocenters. The van der Waals surface area contributed by atoms with Crippen molar-refractivity contribution in [1.82, 2.24) is 4.90 Å². The first kappa shape index (κ1) is 22.4. The molecular weight excluding hydrogens is 428 g/mol. The average Bonchev–Trinajstić information content (AvgIpc) is 3.21. The molecule has 0 spiro atoms. The lowest BCUT2D eigenvalue weighted by Crippen LogP contribution is -2.46. The molecule has 2 fully saturated rings. The highest BCUT2D eigenvalue weighted by atomic mass is 35.5. The van der Waals surface area contributed by atoms with E-state index in [0.29, 0.717) is 28.7 Å². The van der Waals surface area contributed by atoms with E-state index in [4.69, 9.17) is 16.3 Å². The summed E-state index contributed by atoms with van der Waals surface area (Å²) in [5, 5.41) is 3.61. The maximum Gasteiger partial charge on any atom is 0.229 e. The number of carbonyl (C=O) groups excluding carboxylic acids is 2. The van der Waals surface area contributed by atoms with Gasteiger partial charge in [-0.3, -0.25) is 9.59 Å². The topological polar surface area (TPSA) is 65.1 Å². The third-order valence-electron chi connectivity index (χ3n) is 6.25. The highest BCUT2D eigenvalue weighted by Crippen LogP contribution is 2.34. The van der Waals surface area contributed by atoms with E-state index in [9.17, 15) is 9.59 Å². The van der Waals surface area contributed by atoms with Crippen LogP contribution in [0, 0.1) is 5.92 Å². The van der Waals surface area contributed by atoms with Gasteiger partial charge in [0, 0.05) is 44.2 Å². The summed E-state index contributed by atoms with van der Waals surface area (Å²) < 4.78 is 5.39. The van der Waals surface area contributed by atoms with Gasteiger partial charge in [-0.15, -0.1) is 0 Å². The molecule has 0 bridgehead atoms. The van der Waals surface area contributed by atoms with E-state index in [1.807, 2.05) is 36.4 Å². The molecular formula is C24H29ClN4O3. The maximum atomic E-state index is 13.1. The Hall–Kier alpha value is -2.77. The zero-order valence-corrected chi connectivity index (χ0v) is 19.3. The average molecular weight is 457 g/mol. The number of para-hydroxylation sites is 2. The number of likely N-dealkylation sites (N-methyl/N-ethyl adjacent to an activating group) is 1. The molecule has 0 aromatic heterocycles. The van der Waals surface area contributed by atoms with Crippen molar-refractivity contribution >= 4 is 40.5 Å². The van der Waals surface area contributed by atoms with Crippen molar-refractivity contribution in [2.24, 2.45) is 5.92 Å². The Balaban J connectivity index is 1.49. The number of nitrogens with one attached hydrogen (secondary N) is 1. The van der Waals surface area contributed by atoms with E-state index in [2.05, 4.69) is 22.0 Å². The van der Waals surface area contributed by atoms with Gasteiger partial charge in [0.05, 0.1) is 30.1 Å². The van der Waals surface area contributed by atoms with E-state index in [1.165, 1.54) is 0 Å². The highest BCUT2D eigenvalue weighted by Gasteiger charge is 2.36. The number of hydrogen-bond donors (Lipinski definition) is 1. The summed E-state index contributed by atoms with van der Waals surface area (Å²) in [6.45, 7) is 7.27. The van der Waals surface area contributed by atoms with Crippen LogP contribution >= 0.6 is 11.6 Å². The van der Waals surface area contributed by atoms with Crippen LogP contribution < -0.4 is 19.9 Å². The second-order valence-corrected chi connectivity index (χ2v) is 8.59. The van der Waals surface area contributed by atoms with E-state index < -0.39 is 5.92 Å². The van der Waals surface area contributed by atoms with Crippen LogP contribution in [-0.4, -0.2) is 63.1 Å². The predicted molar refractivity (Wildman–Crippen MR) is 128 cm³/mol. The summed E-state index contributed by atoms with van der Waals surface area (Å²) in [5.41, 5.74) is 2.34. The molecule has 2 amide bonds. The summed E-state index contributed by atoms with van der Waals surface area (Å²) in [4.78, 5) is 32.2. The van der Waals surface area contributed by atoms with E-state index >= 15 is 0 Å². The lowest BCUT2D eigenvalue weighted by molar-refractivity contribution is -0.122. The number of hydrogen-bond acceptors (Lipinski definition) is 5. The standard InChI is InChI=1S/C24H29ClN4O3/c1-3-27-10-12-28(13-11-27)20-9-8-18(25)15-19(20)26-24(31)17-14-23(30)29(16-17)21-6-4-5-7-22(21)32-2/h4-9,15,17H,3,10-14,16H2,1-2H3,(H,26,31). The van der Waals surface area contributed by atoms with Crippen molar-refractivity contribution < 1.29 is 14.3 Å². The fourth-order valence-corrected chi connectivity index (χ4v) is 4.56. The summed E-state index contributed by atoms with van der Waals surface area (Å²) >= 11 is 6.25. The first-order valence-corrected chi connectivity index (χ1v) is 11.4. The van der Waals surface area contributed by atoms with Gasteiger partial charge in [-0.2, -0.15) is 0 Å². The molecule has 1 N–H and O–H groups in total. The smallest absolute Gasteiger partial charge is 0.229 e. The van der Waals surface area contributed by atoms with Crippen LogP contribution in [0.4, 0.5) is 17.1 Å². The number of carbonyl (C=O) groups is 2. The number of methoxy groups -OCH3 is 1. The van der Waals surface area contributed by atoms with Gasteiger partial charge < -0.3 is 24.8 Å². The Kier molecular flexibility index (Phi) is 6.86. The minimum absolute atomic E-state index is 0.0864. The molecule has 0 saturated carbocycles. The molecule has 8 heteroatoms. The second kappa shape index (κ2) is 9.79. The number of ether oxygens (including phenoxy) is 1. The third-order valence-corrected chi connectivity index (χ3v) is 6.48. The number of halogens is 1. The number of rotatable bonds is 6. The number of anilines is 3. The molecule has 32 heavy (non-hydrogen) atoms. The van der Waals surface area contributed by atoms with E-state index in [1.54, 1.807) is 18.1 Å². The summed E-state index contributed by atoms with van der Waals surface area (Å²) in [6, 6.07) is 13.0. The van der Waals surface area contributed by atoms with Crippen molar-refractivity contribution in [1.29, 1.82) is 0 Å². The van der Waals surface area contributed by atoms with Crippen molar-refractivity contribution in [3.05, 3.63) is 47.5 Å². The number of amides is 2. The van der Waals surface area contributed by atoms with E-state index in [0.717, 1.165) is 38.4 Å². The predicted octanol–water partition coefficient (Wildman–Crippen LogP) is 3.48. The Morgan fingerprint density at radius 3 is 2.59 bits per heavy atom. The summed E-state index contributed by atoms with van der Waals surface area (Å²) in [5.74, 6) is -0.0930. The fourth-order valence-electron chi connectivity index (χ4n) is 4.39. The Bertz CT molecular complexity index is 991. The van der Waals surface area contributed by atoms with Crippen molar-refractivity contribution in [2.75, 3.05) is 61.5 Å². The Labute approximate surface area is 193 Å². The van der Waals surface area contributed by atoms with Gasteiger partial charge in [0.25, 0.3) is 0 Å². The van der Waals surface area contributed by atoms with Crippen molar-refractivity contribution in [2.45, 2.75) is 13.3 Å². The molecule has 1 unspecified atom stereocenters. The van der Waals surface area contributed by atoms with Gasteiger partial charge in [-0.05, 0) is 36.9 Å². The zero-order valence-electron chi connectivity index (χ0n) is 18.5. The lowest BCUT2D eigenvalue weighted by atomic mass is 10.1.